The van der Waals surface area contributed by atoms with Gasteiger partial charge in [-0.3, -0.25) is 14.6 Å². The number of H-pyrrole nitrogens is 1. The Morgan fingerprint density at radius 3 is 2.71 bits per heavy atom. The van der Waals surface area contributed by atoms with Crippen LogP contribution in [0.2, 0.25) is 0 Å². The van der Waals surface area contributed by atoms with E-state index in [-0.39, 0.29) is 17.8 Å². The number of likely N-dealkylation sites (N-methyl/N-ethyl adjacent to an activating group) is 1. The van der Waals surface area contributed by atoms with Gasteiger partial charge in [0.1, 0.15) is 23.5 Å². The number of nitrogens with one attached hydrogen (secondary N) is 2. The predicted octanol–water partition coefficient (Wildman–Crippen LogP) is 3.07. The minimum atomic E-state index is -1.09. The Labute approximate surface area is 174 Å². The molecule has 2 N–H and O–H groups in total. The molecule has 3 aromatic rings. The average molecular weight is 426 g/mol. The van der Waals surface area contributed by atoms with Crippen molar-refractivity contribution in [2.75, 3.05) is 7.05 Å². The minimum Gasteiger partial charge on any atom is -0.356 e. The van der Waals surface area contributed by atoms with Crippen molar-refractivity contribution in [1.29, 1.82) is 0 Å². The highest BCUT2D eigenvalue weighted by atomic mass is 19.1. The fourth-order valence-electron chi connectivity index (χ4n) is 3.36. The monoisotopic (exact) mass is 426 g/mol. The zero-order valence-corrected chi connectivity index (χ0v) is 16.4. The Morgan fingerprint density at radius 2 is 2.03 bits per heavy atom. The quantitative estimate of drug-likeness (QED) is 0.594. The molecule has 0 fully saturated rings. The first-order valence-electron chi connectivity index (χ1n) is 9.40. The van der Waals surface area contributed by atoms with Gasteiger partial charge in [0.2, 0.25) is 5.91 Å². The van der Waals surface area contributed by atoms with Gasteiger partial charge in [0.15, 0.2) is 0 Å². The number of nitrogens with zero attached hydrogens (tertiary/aromatic N) is 2. The van der Waals surface area contributed by atoms with Crippen LogP contribution in [0.3, 0.4) is 0 Å². The third kappa shape index (κ3) is 4.08. The Bertz CT molecular complexity index is 1310. The van der Waals surface area contributed by atoms with E-state index in [1.54, 1.807) is 18.0 Å². The molecule has 0 aliphatic heterocycles. The van der Waals surface area contributed by atoms with Crippen LogP contribution in [0.15, 0.2) is 58.8 Å². The van der Waals surface area contributed by atoms with Crippen molar-refractivity contribution in [2.45, 2.75) is 19.0 Å². The molecule has 6 nitrogen and oxygen atoms in total. The van der Waals surface area contributed by atoms with Crippen molar-refractivity contribution in [3.8, 4) is 0 Å². The van der Waals surface area contributed by atoms with Gasteiger partial charge >= 0.3 is 0 Å². The smallest absolute Gasteiger partial charge is 0.254 e. The molecule has 158 valence electrons. The normalized spacial score (nSPS) is 13.5. The van der Waals surface area contributed by atoms with Crippen molar-refractivity contribution in [3.63, 3.8) is 0 Å². The summed E-state index contributed by atoms with van der Waals surface area (Å²) >= 11 is 0. The van der Waals surface area contributed by atoms with Crippen LogP contribution in [0.4, 0.5) is 13.2 Å². The van der Waals surface area contributed by atoms with Gasteiger partial charge in [-0.1, -0.05) is 0 Å². The fourth-order valence-corrected chi connectivity index (χ4v) is 3.36. The summed E-state index contributed by atoms with van der Waals surface area (Å²) in [5.41, 5.74) is 3.52. The lowest BCUT2D eigenvalue weighted by atomic mass is 10.0. The molecule has 2 aromatic heterocycles. The van der Waals surface area contributed by atoms with Crippen molar-refractivity contribution < 1.29 is 18.0 Å². The van der Waals surface area contributed by atoms with Crippen LogP contribution in [-0.2, 0) is 11.3 Å². The van der Waals surface area contributed by atoms with Crippen LogP contribution in [-0.4, -0.2) is 27.8 Å². The number of amides is 1. The average Bonchev–Trinajstić information content (AvgIpc) is 2.67. The molecule has 0 unspecified atom stereocenters. The topological polar surface area (TPSA) is 78.1 Å². The van der Waals surface area contributed by atoms with Crippen molar-refractivity contribution in [3.05, 3.63) is 93.1 Å². The lowest BCUT2D eigenvalue weighted by molar-refractivity contribution is -0.125. The fraction of sp³-hybridized carbons (Fsp3) is 0.182. The number of hydrogen-bond acceptors (Lipinski definition) is 4. The van der Waals surface area contributed by atoms with Crippen molar-refractivity contribution in [2.24, 2.45) is 0 Å². The third-order valence-corrected chi connectivity index (χ3v) is 5.07. The van der Waals surface area contributed by atoms with E-state index in [0.717, 1.165) is 6.20 Å². The summed E-state index contributed by atoms with van der Waals surface area (Å²) in [4.78, 5) is 33.7. The van der Waals surface area contributed by atoms with E-state index in [4.69, 9.17) is 0 Å². The number of pyridine rings is 2. The van der Waals surface area contributed by atoms with Crippen LogP contribution in [0, 0.1) is 17.5 Å². The number of benzene rings is 1. The SMILES string of the molecule is CN(C1=C=CC1)[C@@H](C(=O)NCc1ncc(F)cc1F)c1cc2cc(F)ccc2[nH]c1=O. The summed E-state index contributed by atoms with van der Waals surface area (Å²) in [7, 11) is 1.63. The molecule has 4 rings (SSSR count). The molecule has 1 aliphatic rings. The predicted molar refractivity (Wildman–Crippen MR) is 107 cm³/mol. The number of aromatic nitrogens is 2. The molecule has 0 saturated carbocycles. The standard InChI is InChI=1S/C22H17F3N4O2/c1-29(15-3-2-4-15)20(22(31)27-11-19-17(25)9-14(24)10-26-19)16-8-12-7-13(23)5-6-18(12)28-21(16)30/h2,5-10,20H,3,11H2,1H3,(H,27,31)(H,28,30)/t20-/m1/s1. The number of rotatable bonds is 6. The molecule has 0 spiro atoms. The maximum atomic E-state index is 13.9. The molecule has 2 heterocycles. The van der Waals surface area contributed by atoms with Gasteiger partial charge in [0.05, 0.1) is 24.1 Å². The highest BCUT2D eigenvalue weighted by molar-refractivity contribution is 5.86. The number of halogens is 3. The van der Waals surface area contributed by atoms with Crippen molar-refractivity contribution in [1.82, 2.24) is 20.2 Å². The summed E-state index contributed by atoms with van der Waals surface area (Å²) in [6.07, 6.45) is 3.19. The Balaban J connectivity index is 1.70. The van der Waals surface area contributed by atoms with E-state index in [9.17, 15) is 22.8 Å². The summed E-state index contributed by atoms with van der Waals surface area (Å²) in [6, 6.07) is 4.96. The molecule has 1 aliphatic carbocycles. The van der Waals surface area contributed by atoms with Crippen LogP contribution in [0.1, 0.15) is 23.7 Å². The summed E-state index contributed by atoms with van der Waals surface area (Å²) in [6.45, 7) is -0.301. The Kier molecular flexibility index (Phi) is 5.35. The van der Waals surface area contributed by atoms with E-state index in [0.29, 0.717) is 29.1 Å². The second-order valence-electron chi connectivity index (χ2n) is 7.10. The molecular formula is C22H17F3N4O2. The van der Waals surface area contributed by atoms with Crippen LogP contribution in [0.5, 0.6) is 0 Å². The number of carbonyl (C=O) groups is 1. The molecule has 0 radical (unpaired) electrons. The van der Waals surface area contributed by atoms with Gasteiger partial charge in [-0.05, 0) is 30.3 Å². The first kappa shape index (κ1) is 20.4. The highest BCUT2D eigenvalue weighted by Crippen LogP contribution is 2.27. The number of carbonyl (C=O) groups excluding carboxylic acids is 1. The lowest BCUT2D eigenvalue weighted by Crippen LogP contribution is -2.41. The molecule has 31 heavy (non-hydrogen) atoms. The second-order valence-corrected chi connectivity index (χ2v) is 7.10. The Morgan fingerprint density at radius 1 is 1.26 bits per heavy atom. The van der Waals surface area contributed by atoms with Gasteiger partial charge in [-0.25, -0.2) is 13.2 Å². The molecular weight excluding hydrogens is 409 g/mol. The number of fused-ring (bicyclic) bond motifs is 1. The molecule has 1 amide bonds. The molecule has 0 bridgehead atoms. The molecule has 1 aromatic carbocycles. The highest BCUT2D eigenvalue weighted by Gasteiger charge is 2.30. The first-order chi connectivity index (χ1) is 14.8. The largest absolute Gasteiger partial charge is 0.356 e. The van der Waals surface area contributed by atoms with E-state index >= 15 is 0 Å². The third-order valence-electron chi connectivity index (χ3n) is 5.07. The van der Waals surface area contributed by atoms with Crippen LogP contribution < -0.4 is 10.9 Å². The minimum absolute atomic E-state index is 0.0897. The van der Waals surface area contributed by atoms with E-state index in [1.807, 2.05) is 0 Å². The van der Waals surface area contributed by atoms with E-state index < -0.39 is 35.0 Å². The number of hydrogen-bond donors (Lipinski definition) is 2. The summed E-state index contributed by atoms with van der Waals surface area (Å²) in [5, 5.41) is 2.97. The van der Waals surface area contributed by atoms with Crippen molar-refractivity contribution >= 4 is 16.8 Å². The summed E-state index contributed by atoms with van der Waals surface area (Å²) < 4.78 is 40.6. The summed E-state index contributed by atoms with van der Waals surface area (Å²) in [5.74, 6) is -2.81. The zero-order chi connectivity index (χ0) is 22.1. The van der Waals surface area contributed by atoms with E-state index in [1.165, 1.54) is 24.3 Å². The van der Waals surface area contributed by atoms with Crippen LogP contribution in [0.25, 0.3) is 10.9 Å². The van der Waals surface area contributed by atoms with Gasteiger partial charge in [0, 0.05) is 36.0 Å². The van der Waals surface area contributed by atoms with Crippen LogP contribution >= 0.6 is 0 Å². The molecule has 9 heteroatoms. The lowest BCUT2D eigenvalue weighted by Gasteiger charge is -2.31. The van der Waals surface area contributed by atoms with Gasteiger partial charge < -0.3 is 15.2 Å². The zero-order valence-electron chi connectivity index (χ0n) is 16.4. The number of aromatic amines is 1. The maximum Gasteiger partial charge on any atom is 0.254 e. The molecule has 1 atom stereocenters. The first-order valence-corrected chi connectivity index (χ1v) is 9.40. The Hall–Kier alpha value is -3.84. The van der Waals surface area contributed by atoms with Gasteiger partial charge in [0.25, 0.3) is 5.56 Å². The second kappa shape index (κ2) is 8.12. The maximum absolute atomic E-state index is 13.9. The van der Waals surface area contributed by atoms with E-state index in [2.05, 4.69) is 21.0 Å². The molecule has 0 saturated heterocycles. The van der Waals surface area contributed by atoms with Gasteiger partial charge in [-0.2, -0.15) is 0 Å². The van der Waals surface area contributed by atoms with Gasteiger partial charge in [-0.15, -0.1) is 5.73 Å².